The number of nitrogens with zero attached hydrogens (tertiary/aromatic N) is 3. The maximum atomic E-state index is 4.40. The van der Waals surface area contributed by atoms with Crippen LogP contribution in [0.5, 0.6) is 0 Å². The Labute approximate surface area is 187 Å². The van der Waals surface area contributed by atoms with Crippen LogP contribution in [0.15, 0.2) is 22.5 Å². The summed E-state index contributed by atoms with van der Waals surface area (Å²) >= 11 is 1.86. The third kappa shape index (κ3) is 8.66. The number of aliphatic imine (C=N–C) groups is 1. The van der Waals surface area contributed by atoms with Crippen LogP contribution in [0.2, 0.25) is 0 Å². The minimum absolute atomic E-state index is 0. The van der Waals surface area contributed by atoms with Gasteiger partial charge in [0.1, 0.15) is 0 Å². The first-order chi connectivity index (χ1) is 12.6. The molecular formula is C20H38IN5S. The zero-order valence-corrected chi connectivity index (χ0v) is 20.6. The number of thiophene rings is 1. The average molecular weight is 508 g/mol. The minimum Gasteiger partial charge on any atom is -0.356 e. The lowest BCUT2D eigenvalue weighted by molar-refractivity contribution is 0.249. The quantitative estimate of drug-likeness (QED) is 0.219. The highest BCUT2D eigenvalue weighted by atomic mass is 127. The Bertz CT molecular complexity index is 514. The summed E-state index contributed by atoms with van der Waals surface area (Å²) in [7, 11) is 4.06. The Kier molecular flexibility index (Phi) is 12.5. The van der Waals surface area contributed by atoms with Crippen molar-refractivity contribution in [3.8, 4) is 0 Å². The van der Waals surface area contributed by atoms with Crippen molar-refractivity contribution in [2.75, 3.05) is 46.8 Å². The van der Waals surface area contributed by atoms with E-state index in [2.05, 4.69) is 63.8 Å². The van der Waals surface area contributed by atoms with E-state index in [1.807, 2.05) is 18.4 Å². The zero-order chi connectivity index (χ0) is 18.8. The smallest absolute Gasteiger partial charge is 0.191 e. The van der Waals surface area contributed by atoms with Gasteiger partial charge in [-0.1, -0.05) is 6.07 Å². The van der Waals surface area contributed by atoms with Crippen LogP contribution in [0.4, 0.5) is 0 Å². The summed E-state index contributed by atoms with van der Waals surface area (Å²) in [6.45, 7) is 9.94. The molecule has 0 bridgehead atoms. The van der Waals surface area contributed by atoms with Crippen molar-refractivity contribution in [1.82, 2.24) is 20.4 Å². The number of halogens is 1. The number of rotatable bonds is 10. The number of nitrogens with one attached hydrogen (secondary N) is 2. The van der Waals surface area contributed by atoms with Crippen LogP contribution in [-0.2, 0) is 0 Å². The molecule has 5 nitrogen and oxygen atoms in total. The van der Waals surface area contributed by atoms with Crippen molar-refractivity contribution in [1.29, 1.82) is 0 Å². The van der Waals surface area contributed by atoms with Gasteiger partial charge in [-0.05, 0) is 77.7 Å². The fourth-order valence-corrected chi connectivity index (χ4v) is 4.17. The Morgan fingerprint density at radius 3 is 2.59 bits per heavy atom. The predicted molar refractivity (Wildman–Crippen MR) is 130 cm³/mol. The topological polar surface area (TPSA) is 42.9 Å². The van der Waals surface area contributed by atoms with Crippen molar-refractivity contribution in [3.05, 3.63) is 22.4 Å². The van der Waals surface area contributed by atoms with E-state index in [1.54, 1.807) is 0 Å². The molecule has 0 radical (unpaired) electrons. The second-order valence-corrected chi connectivity index (χ2v) is 8.41. The Balaban J connectivity index is 0.00000364. The maximum Gasteiger partial charge on any atom is 0.191 e. The minimum atomic E-state index is 0. The highest BCUT2D eigenvalue weighted by molar-refractivity contribution is 14.0. The first kappa shape index (κ1) is 24.7. The molecule has 2 heterocycles. The van der Waals surface area contributed by atoms with Crippen molar-refractivity contribution in [3.63, 3.8) is 0 Å². The molecule has 1 saturated heterocycles. The molecule has 2 N–H and O–H groups in total. The van der Waals surface area contributed by atoms with Gasteiger partial charge in [0.25, 0.3) is 0 Å². The van der Waals surface area contributed by atoms with Gasteiger partial charge in [0.15, 0.2) is 5.96 Å². The van der Waals surface area contributed by atoms with Gasteiger partial charge in [0.05, 0.1) is 6.04 Å². The van der Waals surface area contributed by atoms with Crippen molar-refractivity contribution >= 4 is 41.3 Å². The standard InChI is InChI=1S/C20H37N5S.HI/c1-17(2)24(4)12-6-5-11-22-20(21-3)23-16-18(19-10-9-15-26-19)25-13-7-8-14-25;/h9-10,15,17-18H,5-8,11-14,16H2,1-4H3,(H2,21,22,23);1H. The predicted octanol–water partition coefficient (Wildman–Crippen LogP) is 3.79. The summed E-state index contributed by atoms with van der Waals surface area (Å²) in [5.41, 5.74) is 0. The molecule has 7 heteroatoms. The fourth-order valence-electron chi connectivity index (χ4n) is 3.31. The molecular weight excluding hydrogens is 469 g/mol. The van der Waals surface area contributed by atoms with Crippen LogP contribution in [0.1, 0.15) is 50.4 Å². The molecule has 1 aliphatic rings. The Morgan fingerprint density at radius 2 is 2.00 bits per heavy atom. The molecule has 2 rings (SSSR count). The molecule has 1 aromatic rings. The zero-order valence-electron chi connectivity index (χ0n) is 17.4. The fraction of sp³-hybridized carbons (Fsp3) is 0.750. The molecule has 0 spiro atoms. The lowest BCUT2D eigenvalue weighted by Gasteiger charge is -2.27. The highest BCUT2D eigenvalue weighted by Crippen LogP contribution is 2.27. The van der Waals surface area contributed by atoms with E-state index in [9.17, 15) is 0 Å². The van der Waals surface area contributed by atoms with Crippen LogP contribution < -0.4 is 10.6 Å². The van der Waals surface area contributed by atoms with Gasteiger partial charge in [-0.15, -0.1) is 35.3 Å². The van der Waals surface area contributed by atoms with Crippen LogP contribution in [0.25, 0.3) is 0 Å². The number of hydrogen-bond acceptors (Lipinski definition) is 4. The molecule has 0 aliphatic carbocycles. The molecule has 0 aromatic carbocycles. The van der Waals surface area contributed by atoms with E-state index in [0.29, 0.717) is 12.1 Å². The molecule has 1 aromatic heterocycles. The molecule has 156 valence electrons. The molecule has 0 amide bonds. The van der Waals surface area contributed by atoms with E-state index in [0.717, 1.165) is 32.0 Å². The summed E-state index contributed by atoms with van der Waals surface area (Å²) in [4.78, 5) is 10.9. The highest BCUT2D eigenvalue weighted by Gasteiger charge is 2.24. The normalized spacial score (nSPS) is 16.6. The summed E-state index contributed by atoms with van der Waals surface area (Å²) in [6.07, 6.45) is 5.02. The van der Waals surface area contributed by atoms with Crippen molar-refractivity contribution in [2.45, 2.75) is 51.6 Å². The van der Waals surface area contributed by atoms with Gasteiger partial charge in [-0.3, -0.25) is 9.89 Å². The Hall–Kier alpha value is -0.380. The number of hydrogen-bond donors (Lipinski definition) is 2. The van der Waals surface area contributed by atoms with E-state index in [1.165, 1.54) is 37.2 Å². The molecule has 1 aliphatic heterocycles. The van der Waals surface area contributed by atoms with E-state index >= 15 is 0 Å². The maximum absolute atomic E-state index is 4.40. The molecule has 27 heavy (non-hydrogen) atoms. The van der Waals surface area contributed by atoms with E-state index in [4.69, 9.17) is 0 Å². The third-order valence-electron chi connectivity index (χ3n) is 5.25. The molecule has 1 unspecified atom stereocenters. The van der Waals surface area contributed by atoms with Crippen LogP contribution in [0.3, 0.4) is 0 Å². The number of guanidine groups is 1. The number of likely N-dealkylation sites (tertiary alicyclic amines) is 1. The Morgan fingerprint density at radius 1 is 1.26 bits per heavy atom. The summed E-state index contributed by atoms with van der Waals surface area (Å²) in [6, 6.07) is 5.49. The largest absolute Gasteiger partial charge is 0.356 e. The lowest BCUT2D eigenvalue weighted by Crippen LogP contribution is -2.42. The second-order valence-electron chi connectivity index (χ2n) is 7.44. The van der Waals surface area contributed by atoms with E-state index in [-0.39, 0.29) is 24.0 Å². The average Bonchev–Trinajstić information content (AvgIpc) is 3.34. The van der Waals surface area contributed by atoms with Crippen molar-refractivity contribution < 1.29 is 0 Å². The second kappa shape index (κ2) is 13.7. The summed E-state index contributed by atoms with van der Waals surface area (Å²) in [5, 5.41) is 9.20. The van der Waals surface area contributed by atoms with Gasteiger partial charge in [0, 0.05) is 31.1 Å². The van der Waals surface area contributed by atoms with Crippen molar-refractivity contribution in [2.24, 2.45) is 4.99 Å². The van der Waals surface area contributed by atoms with Gasteiger partial charge in [0.2, 0.25) is 0 Å². The third-order valence-corrected chi connectivity index (χ3v) is 6.22. The molecule has 1 atom stereocenters. The monoisotopic (exact) mass is 507 g/mol. The van der Waals surface area contributed by atoms with Gasteiger partial charge >= 0.3 is 0 Å². The van der Waals surface area contributed by atoms with Gasteiger partial charge < -0.3 is 15.5 Å². The lowest BCUT2D eigenvalue weighted by atomic mass is 10.2. The molecule has 1 fully saturated rings. The van der Waals surface area contributed by atoms with Gasteiger partial charge in [-0.25, -0.2) is 0 Å². The summed E-state index contributed by atoms with van der Waals surface area (Å²) < 4.78 is 0. The van der Waals surface area contributed by atoms with Crippen LogP contribution >= 0.6 is 35.3 Å². The first-order valence-electron chi connectivity index (χ1n) is 10.0. The van der Waals surface area contributed by atoms with Gasteiger partial charge in [-0.2, -0.15) is 0 Å². The number of unbranched alkanes of at least 4 members (excludes halogenated alkanes) is 1. The van der Waals surface area contributed by atoms with Crippen LogP contribution in [0, 0.1) is 0 Å². The SMILES string of the molecule is CN=C(NCCCCN(C)C(C)C)NCC(c1cccs1)N1CCCC1.I. The van der Waals surface area contributed by atoms with Crippen LogP contribution in [-0.4, -0.2) is 68.6 Å². The first-order valence-corrected chi connectivity index (χ1v) is 10.9. The molecule has 0 saturated carbocycles. The van der Waals surface area contributed by atoms with E-state index < -0.39 is 0 Å². The summed E-state index contributed by atoms with van der Waals surface area (Å²) in [5.74, 6) is 0.919.